The molecule has 0 unspecified atom stereocenters. The lowest BCUT2D eigenvalue weighted by atomic mass is 9.91. The quantitative estimate of drug-likeness (QED) is 0.362. The van der Waals surface area contributed by atoms with E-state index < -0.39 is 5.67 Å². The fraction of sp³-hybridized carbons (Fsp3) is 0.515. The third-order valence-corrected chi connectivity index (χ3v) is 8.11. The summed E-state index contributed by atoms with van der Waals surface area (Å²) in [5.74, 6) is 0.647. The maximum Gasteiger partial charge on any atom is 0.126 e. The highest BCUT2D eigenvalue weighted by Crippen LogP contribution is 2.32. The van der Waals surface area contributed by atoms with Gasteiger partial charge in [0.2, 0.25) is 0 Å². The number of nitrogens with zero attached hydrogens (tertiary/aromatic N) is 2. The van der Waals surface area contributed by atoms with Crippen molar-refractivity contribution in [3.05, 3.63) is 77.5 Å². The third kappa shape index (κ3) is 6.91. The number of hydrogen-bond donors (Lipinski definition) is 1. The molecule has 1 aromatic heterocycles. The molecule has 3 aromatic rings. The number of alkyl halides is 1. The molecule has 0 radical (unpaired) electrons. The summed E-state index contributed by atoms with van der Waals surface area (Å²) >= 11 is 0. The number of fused-ring (bicyclic) bond motifs is 1. The number of likely N-dealkylation sites (tertiary alicyclic amines) is 1. The zero-order chi connectivity index (χ0) is 26.3. The van der Waals surface area contributed by atoms with Crippen molar-refractivity contribution < 1.29 is 4.39 Å². The summed E-state index contributed by atoms with van der Waals surface area (Å²) in [7, 11) is 0. The second-order valence-electron chi connectivity index (χ2n) is 11.1. The Balaban J connectivity index is 0.00000102. The first-order valence-electron chi connectivity index (χ1n) is 14.4. The van der Waals surface area contributed by atoms with Crippen molar-refractivity contribution in [3.63, 3.8) is 0 Å². The van der Waals surface area contributed by atoms with Gasteiger partial charge in [0.05, 0.1) is 0 Å². The van der Waals surface area contributed by atoms with Crippen molar-refractivity contribution in [3.8, 4) is 0 Å². The van der Waals surface area contributed by atoms with Crippen LogP contribution in [-0.2, 0) is 13.0 Å². The minimum Gasteiger partial charge on any atom is -0.344 e. The second kappa shape index (κ2) is 12.9. The summed E-state index contributed by atoms with van der Waals surface area (Å²) < 4.78 is 17.7. The Morgan fingerprint density at radius 1 is 1.03 bits per heavy atom. The lowest BCUT2D eigenvalue weighted by Crippen LogP contribution is -2.49. The van der Waals surface area contributed by atoms with Crippen LogP contribution in [0, 0.1) is 12.8 Å². The number of halogens is 1. The first-order chi connectivity index (χ1) is 18.0. The fourth-order valence-electron chi connectivity index (χ4n) is 5.96. The molecule has 0 spiro atoms. The molecule has 0 saturated carbocycles. The lowest BCUT2D eigenvalue weighted by Gasteiger charge is -2.38. The minimum atomic E-state index is -0.996. The van der Waals surface area contributed by atoms with Crippen LogP contribution in [0.15, 0.2) is 55.1 Å². The van der Waals surface area contributed by atoms with E-state index >= 15 is 4.39 Å². The Labute approximate surface area is 223 Å². The van der Waals surface area contributed by atoms with Gasteiger partial charge in [0.1, 0.15) is 5.67 Å². The van der Waals surface area contributed by atoms with Gasteiger partial charge in [0, 0.05) is 29.7 Å². The molecule has 2 aromatic carbocycles. The molecule has 0 aliphatic carbocycles. The molecule has 3 heterocycles. The van der Waals surface area contributed by atoms with Crippen molar-refractivity contribution >= 4 is 17.0 Å². The monoisotopic (exact) mass is 503 g/mol. The van der Waals surface area contributed by atoms with Crippen LogP contribution < -0.4 is 5.32 Å². The van der Waals surface area contributed by atoms with E-state index in [1.165, 1.54) is 34.1 Å². The number of nitrogens with one attached hydrogen (secondary N) is 1. The van der Waals surface area contributed by atoms with E-state index in [2.05, 4.69) is 90.7 Å². The molecule has 2 saturated heterocycles. The van der Waals surface area contributed by atoms with Crippen LogP contribution in [-0.4, -0.2) is 47.9 Å². The zero-order valence-corrected chi connectivity index (χ0v) is 23.2. The molecule has 200 valence electrons. The van der Waals surface area contributed by atoms with E-state index in [1.807, 2.05) is 6.08 Å². The Morgan fingerprint density at radius 3 is 2.32 bits per heavy atom. The first kappa shape index (κ1) is 27.6. The van der Waals surface area contributed by atoms with Crippen LogP contribution in [0.25, 0.3) is 17.0 Å². The fourth-order valence-corrected chi connectivity index (χ4v) is 5.96. The van der Waals surface area contributed by atoms with Crippen LogP contribution in [0.3, 0.4) is 0 Å². The Bertz CT molecular complexity index is 1130. The number of piperidine rings is 2. The molecule has 4 heteroatoms. The number of aromatic nitrogens is 1. The molecule has 37 heavy (non-hydrogen) atoms. The number of benzene rings is 2. The summed E-state index contributed by atoms with van der Waals surface area (Å²) in [6.45, 7) is 15.7. The summed E-state index contributed by atoms with van der Waals surface area (Å²) in [6, 6.07) is 17.6. The second-order valence-corrected chi connectivity index (χ2v) is 11.1. The smallest absolute Gasteiger partial charge is 0.126 e. The van der Waals surface area contributed by atoms with Crippen LogP contribution >= 0.6 is 0 Å². The Kier molecular flexibility index (Phi) is 9.61. The molecular weight excluding hydrogens is 457 g/mol. The van der Waals surface area contributed by atoms with Gasteiger partial charge >= 0.3 is 0 Å². The lowest BCUT2D eigenvalue weighted by molar-refractivity contribution is 0.0446. The van der Waals surface area contributed by atoms with Gasteiger partial charge in [-0.3, -0.25) is 0 Å². The summed E-state index contributed by atoms with van der Waals surface area (Å²) in [4.78, 5) is 2.38. The van der Waals surface area contributed by atoms with Crippen molar-refractivity contribution in [2.45, 2.75) is 71.5 Å². The standard InChI is InChI=1S/C30H38FN3.C3H8/c1-3-24-8-10-25(11-9-24)20-28-23(2)34(29-7-5-4-6-27(28)29)21-26-12-18-33(19-13-26)22-30(31)14-16-32-17-15-30;1-3-2/h3-11,26,32H,1,12-22H2,2H3;3H2,1-2H3. The van der Waals surface area contributed by atoms with E-state index in [4.69, 9.17) is 0 Å². The molecule has 5 rings (SSSR count). The van der Waals surface area contributed by atoms with Gasteiger partial charge in [-0.25, -0.2) is 4.39 Å². The molecule has 3 nitrogen and oxygen atoms in total. The molecule has 0 atom stereocenters. The van der Waals surface area contributed by atoms with Crippen LogP contribution in [0.4, 0.5) is 4.39 Å². The summed E-state index contributed by atoms with van der Waals surface area (Å²) in [5.41, 5.74) is 5.66. The molecule has 2 aliphatic rings. The average molecular weight is 504 g/mol. The van der Waals surface area contributed by atoms with Crippen LogP contribution in [0.2, 0.25) is 0 Å². The Morgan fingerprint density at radius 2 is 1.68 bits per heavy atom. The van der Waals surface area contributed by atoms with E-state index in [1.54, 1.807) is 0 Å². The maximum absolute atomic E-state index is 15.2. The SMILES string of the molecule is C=Cc1ccc(Cc2c(C)n(CC3CCN(CC4(F)CCNCC4)CC3)c3ccccc23)cc1.CCC. The van der Waals surface area contributed by atoms with Gasteiger partial charge in [-0.15, -0.1) is 0 Å². The zero-order valence-electron chi connectivity index (χ0n) is 23.2. The predicted molar refractivity (Wildman–Crippen MR) is 157 cm³/mol. The largest absolute Gasteiger partial charge is 0.344 e. The molecular formula is C33H46FN3. The van der Waals surface area contributed by atoms with Gasteiger partial charge in [-0.1, -0.05) is 75.4 Å². The predicted octanol–water partition coefficient (Wildman–Crippen LogP) is 7.40. The minimum absolute atomic E-state index is 0.613. The number of hydrogen-bond acceptors (Lipinski definition) is 2. The highest BCUT2D eigenvalue weighted by Gasteiger charge is 2.35. The molecule has 2 fully saturated rings. The van der Waals surface area contributed by atoms with E-state index in [0.717, 1.165) is 57.5 Å². The van der Waals surface area contributed by atoms with Gasteiger partial charge in [0.15, 0.2) is 0 Å². The van der Waals surface area contributed by atoms with E-state index in [0.29, 0.717) is 25.3 Å². The highest BCUT2D eigenvalue weighted by atomic mass is 19.1. The number of rotatable bonds is 7. The maximum atomic E-state index is 15.2. The van der Waals surface area contributed by atoms with E-state index in [-0.39, 0.29) is 0 Å². The average Bonchev–Trinajstić information content (AvgIpc) is 3.17. The third-order valence-electron chi connectivity index (χ3n) is 8.11. The Hall–Kier alpha value is -2.43. The van der Waals surface area contributed by atoms with Crippen molar-refractivity contribution in [1.29, 1.82) is 0 Å². The highest BCUT2D eigenvalue weighted by molar-refractivity contribution is 5.86. The summed E-state index contributed by atoms with van der Waals surface area (Å²) in [5, 5.41) is 4.66. The van der Waals surface area contributed by atoms with Gasteiger partial charge in [0.25, 0.3) is 0 Å². The van der Waals surface area contributed by atoms with E-state index in [9.17, 15) is 0 Å². The normalized spacial score (nSPS) is 18.4. The van der Waals surface area contributed by atoms with Crippen molar-refractivity contribution in [2.75, 3.05) is 32.7 Å². The molecule has 0 bridgehead atoms. The van der Waals surface area contributed by atoms with Crippen molar-refractivity contribution in [2.24, 2.45) is 5.92 Å². The van der Waals surface area contributed by atoms with Gasteiger partial charge in [-0.2, -0.15) is 0 Å². The van der Waals surface area contributed by atoms with Crippen LogP contribution in [0.5, 0.6) is 0 Å². The number of para-hydroxylation sites is 1. The van der Waals surface area contributed by atoms with Crippen molar-refractivity contribution in [1.82, 2.24) is 14.8 Å². The van der Waals surface area contributed by atoms with Crippen LogP contribution in [0.1, 0.15) is 68.3 Å². The molecule has 2 aliphatic heterocycles. The molecule has 0 amide bonds. The first-order valence-corrected chi connectivity index (χ1v) is 14.4. The van der Waals surface area contributed by atoms with Gasteiger partial charge in [-0.05, 0) is 93.9 Å². The topological polar surface area (TPSA) is 20.2 Å². The summed E-state index contributed by atoms with van der Waals surface area (Å²) in [6.07, 6.45) is 7.70. The van der Waals surface area contributed by atoms with Gasteiger partial charge < -0.3 is 14.8 Å². The molecule has 1 N–H and O–H groups in total.